The Labute approximate surface area is 57.3 Å². The predicted octanol–water partition coefficient (Wildman–Crippen LogP) is 0.0298. The van der Waals surface area contributed by atoms with Crippen LogP contribution >= 0.6 is 0 Å². The Morgan fingerprint density at radius 1 is 1.60 bits per heavy atom. The lowest BCUT2D eigenvalue weighted by atomic mass is 10.1. The minimum Gasteiger partial charge on any atom is -0.502 e. The van der Waals surface area contributed by atoms with E-state index in [1.807, 2.05) is 0 Å². The molecular weight excluding hydrogens is 132 g/mol. The third-order valence-corrected chi connectivity index (χ3v) is 1.20. The van der Waals surface area contributed by atoms with Crippen molar-refractivity contribution in [2.75, 3.05) is 0 Å². The summed E-state index contributed by atoms with van der Waals surface area (Å²) in [6.07, 6.45) is 3.21. The van der Waals surface area contributed by atoms with Gasteiger partial charge in [0.25, 0.3) is 0 Å². The standard InChI is InChI=1S/C6H6N2O2/c7-8-6-4(9)2-1-3-5(6)10/h1-4,9-10H. The molecule has 0 aromatic heterocycles. The second kappa shape index (κ2) is 2.47. The van der Waals surface area contributed by atoms with Crippen molar-refractivity contribution < 1.29 is 15.0 Å². The first kappa shape index (κ1) is 6.74. The number of rotatable bonds is 0. The zero-order valence-electron chi connectivity index (χ0n) is 5.10. The minimum atomic E-state index is -1.00. The van der Waals surface area contributed by atoms with Crippen LogP contribution in [0.15, 0.2) is 24.0 Å². The molecule has 0 aromatic carbocycles. The Balaban J connectivity index is 3.04. The maximum Gasteiger partial charge on any atom is 0.365 e. The fourth-order valence-electron chi connectivity index (χ4n) is 0.690. The third-order valence-electron chi connectivity index (χ3n) is 1.20. The fourth-order valence-corrected chi connectivity index (χ4v) is 0.690. The first-order valence-electron chi connectivity index (χ1n) is 2.73. The second-order valence-corrected chi connectivity index (χ2v) is 1.87. The van der Waals surface area contributed by atoms with E-state index in [-0.39, 0.29) is 11.5 Å². The smallest absolute Gasteiger partial charge is 0.365 e. The number of hydrogen-bond donors (Lipinski definition) is 2. The Bertz CT molecular complexity index is 248. The average molecular weight is 138 g/mol. The van der Waals surface area contributed by atoms with Gasteiger partial charge in [-0.1, -0.05) is 6.08 Å². The van der Waals surface area contributed by atoms with Gasteiger partial charge in [0.05, 0.1) is 0 Å². The first-order chi connectivity index (χ1) is 4.75. The molecule has 1 unspecified atom stereocenters. The van der Waals surface area contributed by atoms with E-state index in [0.29, 0.717) is 0 Å². The quantitative estimate of drug-likeness (QED) is 0.366. The Kier molecular flexibility index (Phi) is 1.67. The van der Waals surface area contributed by atoms with Gasteiger partial charge in [-0.05, 0) is 12.2 Å². The Hall–Kier alpha value is -1.38. The summed E-state index contributed by atoms with van der Waals surface area (Å²) in [5, 5.41) is 17.9. The van der Waals surface area contributed by atoms with Crippen LogP contribution in [-0.4, -0.2) is 26.8 Å². The second-order valence-electron chi connectivity index (χ2n) is 1.87. The average Bonchev–Trinajstić information content (AvgIpc) is 1.88. The molecule has 0 spiro atoms. The van der Waals surface area contributed by atoms with Crippen LogP contribution < -0.4 is 0 Å². The molecule has 10 heavy (non-hydrogen) atoms. The summed E-state index contributed by atoms with van der Waals surface area (Å²) >= 11 is 0. The largest absolute Gasteiger partial charge is 0.502 e. The molecule has 0 saturated heterocycles. The van der Waals surface area contributed by atoms with Gasteiger partial charge in [0.2, 0.25) is 5.76 Å². The maximum absolute atomic E-state index is 8.96. The van der Waals surface area contributed by atoms with Gasteiger partial charge in [0.15, 0.2) is 6.10 Å². The van der Waals surface area contributed by atoms with Crippen molar-refractivity contribution in [3.05, 3.63) is 29.5 Å². The van der Waals surface area contributed by atoms with Gasteiger partial charge in [-0.2, -0.15) is 4.79 Å². The normalized spacial score (nSPS) is 23.9. The van der Waals surface area contributed by atoms with Crippen molar-refractivity contribution in [2.45, 2.75) is 6.10 Å². The number of nitrogens with zero attached hydrogens (tertiary/aromatic N) is 2. The van der Waals surface area contributed by atoms with Crippen molar-refractivity contribution in [1.29, 1.82) is 0 Å². The molecule has 0 heterocycles. The van der Waals surface area contributed by atoms with Gasteiger partial charge in [0, 0.05) is 0 Å². The summed E-state index contributed by atoms with van der Waals surface area (Å²) in [7, 11) is 0. The van der Waals surface area contributed by atoms with Crippen LogP contribution in [0.25, 0.3) is 5.53 Å². The Morgan fingerprint density at radius 3 is 2.70 bits per heavy atom. The summed E-state index contributed by atoms with van der Waals surface area (Å²) < 4.78 is 0. The lowest BCUT2D eigenvalue weighted by Crippen LogP contribution is -2.23. The summed E-state index contributed by atoms with van der Waals surface area (Å²) in [5.74, 6) is -0.211. The fraction of sp³-hybridized carbons (Fsp3) is 0.167. The van der Waals surface area contributed by atoms with E-state index in [0.717, 1.165) is 0 Å². The van der Waals surface area contributed by atoms with Crippen LogP contribution in [0.5, 0.6) is 0 Å². The molecule has 4 heteroatoms. The van der Waals surface area contributed by atoms with Gasteiger partial charge in [0.1, 0.15) is 0 Å². The zero-order chi connectivity index (χ0) is 7.56. The van der Waals surface area contributed by atoms with E-state index in [9.17, 15) is 0 Å². The maximum atomic E-state index is 8.96. The summed E-state index contributed by atoms with van der Waals surface area (Å²) in [6, 6.07) is 0. The van der Waals surface area contributed by atoms with Gasteiger partial charge in [-0.3, -0.25) is 0 Å². The Morgan fingerprint density at radius 2 is 2.30 bits per heavy atom. The summed E-state index contributed by atoms with van der Waals surface area (Å²) in [6.45, 7) is 0. The summed E-state index contributed by atoms with van der Waals surface area (Å²) in [5.41, 5.74) is 8.10. The highest BCUT2D eigenvalue weighted by molar-refractivity contribution is 5.99. The van der Waals surface area contributed by atoms with Crippen molar-refractivity contribution >= 4 is 5.71 Å². The topological polar surface area (TPSA) is 76.9 Å². The molecule has 0 amide bonds. The van der Waals surface area contributed by atoms with Gasteiger partial charge < -0.3 is 15.7 Å². The van der Waals surface area contributed by atoms with E-state index in [1.54, 1.807) is 0 Å². The molecule has 0 fully saturated rings. The number of aliphatic hydroxyl groups excluding tert-OH is 2. The molecule has 52 valence electrons. The molecule has 1 atom stereocenters. The number of allylic oxidation sites excluding steroid dienone is 2. The minimum absolute atomic E-state index is 0.123. The molecule has 0 bridgehead atoms. The van der Waals surface area contributed by atoms with Crippen LogP contribution in [0.2, 0.25) is 0 Å². The molecular formula is C6H6N2O2. The van der Waals surface area contributed by atoms with Crippen molar-refractivity contribution in [3.8, 4) is 0 Å². The molecule has 0 saturated carbocycles. The van der Waals surface area contributed by atoms with E-state index in [1.165, 1.54) is 18.2 Å². The third kappa shape index (κ3) is 0.978. The molecule has 0 radical (unpaired) electrons. The molecule has 1 rings (SSSR count). The van der Waals surface area contributed by atoms with Crippen LogP contribution in [0.4, 0.5) is 0 Å². The first-order valence-corrected chi connectivity index (χ1v) is 2.73. The molecule has 0 aromatic rings. The van der Waals surface area contributed by atoms with Crippen LogP contribution in [0.3, 0.4) is 0 Å². The zero-order valence-corrected chi connectivity index (χ0v) is 5.10. The van der Waals surface area contributed by atoms with Gasteiger partial charge >= 0.3 is 5.71 Å². The highest BCUT2D eigenvalue weighted by atomic mass is 16.3. The molecule has 1 aliphatic rings. The van der Waals surface area contributed by atoms with Gasteiger partial charge in [-0.25, -0.2) is 0 Å². The predicted molar refractivity (Wildman–Crippen MR) is 34.5 cm³/mol. The number of aliphatic hydroxyl groups is 2. The van der Waals surface area contributed by atoms with Crippen LogP contribution in [0.1, 0.15) is 0 Å². The van der Waals surface area contributed by atoms with Crippen LogP contribution in [-0.2, 0) is 0 Å². The van der Waals surface area contributed by atoms with Crippen molar-refractivity contribution in [2.24, 2.45) is 0 Å². The van der Waals surface area contributed by atoms with Gasteiger partial charge in [-0.15, -0.1) is 0 Å². The van der Waals surface area contributed by atoms with E-state index in [4.69, 9.17) is 15.7 Å². The molecule has 4 nitrogen and oxygen atoms in total. The van der Waals surface area contributed by atoms with Crippen molar-refractivity contribution in [3.63, 3.8) is 0 Å². The molecule has 2 N–H and O–H groups in total. The highest BCUT2D eigenvalue weighted by Gasteiger charge is 2.24. The lowest BCUT2D eigenvalue weighted by molar-refractivity contribution is -0.0200. The van der Waals surface area contributed by atoms with Crippen molar-refractivity contribution in [1.82, 2.24) is 0 Å². The number of hydrogen-bond acceptors (Lipinski definition) is 2. The van der Waals surface area contributed by atoms with E-state index >= 15 is 0 Å². The monoisotopic (exact) mass is 138 g/mol. The van der Waals surface area contributed by atoms with E-state index in [2.05, 4.69) is 4.79 Å². The van der Waals surface area contributed by atoms with Crippen LogP contribution in [0, 0.1) is 0 Å². The van der Waals surface area contributed by atoms with E-state index < -0.39 is 6.10 Å². The SMILES string of the molecule is [N-]=[N+]=C1C(O)=CC=CC1O. The highest BCUT2D eigenvalue weighted by Crippen LogP contribution is 2.04. The summed E-state index contributed by atoms with van der Waals surface area (Å²) in [4.78, 5) is 2.71. The molecule has 1 aliphatic carbocycles. The molecule has 0 aliphatic heterocycles. The lowest BCUT2D eigenvalue weighted by Gasteiger charge is -2.01.